The molecule has 0 bridgehead atoms. The molecule has 0 saturated heterocycles. The Labute approximate surface area is 131 Å². The Kier molecular flexibility index (Phi) is 4.43. The molecule has 0 spiro atoms. The van der Waals surface area contributed by atoms with Gasteiger partial charge in [-0.3, -0.25) is 0 Å². The van der Waals surface area contributed by atoms with Gasteiger partial charge in [0.05, 0.1) is 18.8 Å². The molecule has 2 N–H and O–H groups in total. The lowest BCUT2D eigenvalue weighted by atomic mass is 9.79. The zero-order valence-corrected chi connectivity index (χ0v) is 13.4. The van der Waals surface area contributed by atoms with Crippen molar-refractivity contribution in [3.8, 4) is 5.75 Å². The van der Waals surface area contributed by atoms with Crippen LogP contribution in [0.1, 0.15) is 43.7 Å². The Hall–Kier alpha value is -0.770. The topological polar surface area (TPSA) is 44.5 Å². The minimum atomic E-state index is -0.166. The van der Waals surface area contributed by atoms with Crippen molar-refractivity contribution in [3.05, 3.63) is 28.3 Å². The van der Waals surface area contributed by atoms with Gasteiger partial charge in [0, 0.05) is 23.6 Å². The molecule has 1 aliphatic carbocycles. The lowest BCUT2D eigenvalue weighted by Crippen LogP contribution is -2.43. The van der Waals surface area contributed by atoms with E-state index in [1.807, 2.05) is 12.1 Å². The van der Waals surface area contributed by atoms with Crippen LogP contribution in [-0.2, 0) is 17.8 Å². The van der Waals surface area contributed by atoms with Crippen molar-refractivity contribution < 1.29 is 9.47 Å². The van der Waals surface area contributed by atoms with E-state index in [1.54, 1.807) is 0 Å². The molecule has 2 aliphatic rings. The fraction of sp³-hybridized carbons (Fsp3) is 0.647. The molecule has 3 nitrogen and oxygen atoms in total. The second kappa shape index (κ2) is 6.15. The highest BCUT2D eigenvalue weighted by Crippen LogP contribution is 2.37. The van der Waals surface area contributed by atoms with Crippen LogP contribution in [0.5, 0.6) is 5.75 Å². The summed E-state index contributed by atoms with van der Waals surface area (Å²) in [5.41, 5.74) is 8.09. The predicted molar refractivity (Wildman–Crippen MR) is 84.9 cm³/mol. The molecule has 116 valence electrons. The largest absolute Gasteiger partial charge is 0.493 e. The third-order valence-corrected chi connectivity index (χ3v) is 5.13. The van der Waals surface area contributed by atoms with E-state index >= 15 is 0 Å². The van der Waals surface area contributed by atoms with Crippen LogP contribution in [0, 0.1) is 5.92 Å². The number of benzene rings is 1. The van der Waals surface area contributed by atoms with Crippen LogP contribution in [0.4, 0.5) is 0 Å². The van der Waals surface area contributed by atoms with Gasteiger partial charge in [-0.05, 0) is 49.3 Å². The first-order valence-electron chi connectivity index (χ1n) is 7.90. The van der Waals surface area contributed by atoms with Gasteiger partial charge in [-0.2, -0.15) is 0 Å². The second-order valence-corrected chi connectivity index (χ2v) is 6.95. The van der Waals surface area contributed by atoms with E-state index in [1.165, 1.54) is 18.4 Å². The smallest absolute Gasteiger partial charge is 0.128 e. The first-order valence-corrected chi connectivity index (χ1v) is 8.28. The van der Waals surface area contributed by atoms with Gasteiger partial charge in [-0.25, -0.2) is 0 Å². The van der Waals surface area contributed by atoms with E-state index in [9.17, 15) is 0 Å². The molecule has 0 amide bonds. The van der Waals surface area contributed by atoms with Crippen molar-refractivity contribution in [2.75, 3.05) is 13.2 Å². The Balaban J connectivity index is 1.72. The Morgan fingerprint density at radius 1 is 1.38 bits per heavy atom. The van der Waals surface area contributed by atoms with E-state index < -0.39 is 0 Å². The standard InChI is InChI=1S/C17H24ClNO2/c1-12-2-5-17(11-19,6-3-12)21-10-14-9-15(18)8-13-4-7-20-16(13)14/h8-9,12H,2-7,10-11,19H2,1H3. The Morgan fingerprint density at radius 3 is 2.86 bits per heavy atom. The summed E-state index contributed by atoms with van der Waals surface area (Å²) in [5, 5.41) is 0.761. The second-order valence-electron chi connectivity index (χ2n) is 6.51. The van der Waals surface area contributed by atoms with Gasteiger partial charge in [-0.1, -0.05) is 18.5 Å². The van der Waals surface area contributed by atoms with Crippen LogP contribution in [0.2, 0.25) is 5.02 Å². The summed E-state index contributed by atoms with van der Waals surface area (Å²) in [6, 6.07) is 3.95. The molecular weight excluding hydrogens is 286 g/mol. The highest BCUT2D eigenvalue weighted by Gasteiger charge is 2.34. The molecule has 4 heteroatoms. The number of rotatable bonds is 4. The van der Waals surface area contributed by atoms with Gasteiger partial charge in [-0.15, -0.1) is 0 Å². The normalized spacial score (nSPS) is 28.2. The summed E-state index contributed by atoms with van der Waals surface area (Å²) < 4.78 is 12.0. The fourth-order valence-corrected chi connectivity index (χ4v) is 3.64. The highest BCUT2D eigenvalue weighted by molar-refractivity contribution is 6.30. The molecule has 1 heterocycles. The van der Waals surface area contributed by atoms with Gasteiger partial charge >= 0.3 is 0 Å². The molecule has 21 heavy (non-hydrogen) atoms. The van der Waals surface area contributed by atoms with Gasteiger partial charge in [0.2, 0.25) is 0 Å². The summed E-state index contributed by atoms with van der Waals surface area (Å²) in [6.45, 7) is 4.16. The summed E-state index contributed by atoms with van der Waals surface area (Å²) in [7, 11) is 0. The van der Waals surface area contributed by atoms with Crippen LogP contribution in [0.3, 0.4) is 0 Å². The monoisotopic (exact) mass is 309 g/mol. The zero-order valence-electron chi connectivity index (χ0n) is 12.7. The maximum atomic E-state index is 6.27. The fourth-order valence-electron chi connectivity index (χ4n) is 3.38. The summed E-state index contributed by atoms with van der Waals surface area (Å²) in [4.78, 5) is 0. The Bertz CT molecular complexity index is 510. The zero-order chi connectivity index (χ0) is 14.9. The van der Waals surface area contributed by atoms with E-state index in [0.717, 1.165) is 48.1 Å². The van der Waals surface area contributed by atoms with Gasteiger partial charge in [0.15, 0.2) is 0 Å². The van der Waals surface area contributed by atoms with E-state index in [4.69, 9.17) is 26.8 Å². The molecule has 0 unspecified atom stereocenters. The molecule has 0 atom stereocenters. The van der Waals surface area contributed by atoms with Gasteiger partial charge < -0.3 is 15.2 Å². The first kappa shape index (κ1) is 15.1. The van der Waals surface area contributed by atoms with Crippen LogP contribution >= 0.6 is 11.6 Å². The number of hydrogen-bond donors (Lipinski definition) is 1. The summed E-state index contributed by atoms with van der Waals surface area (Å²) >= 11 is 6.20. The molecule has 1 fully saturated rings. The SMILES string of the molecule is CC1CCC(CN)(OCc2cc(Cl)cc3c2OCC3)CC1. The minimum absolute atomic E-state index is 0.166. The Morgan fingerprint density at radius 2 is 2.14 bits per heavy atom. The van der Waals surface area contributed by atoms with Crippen LogP contribution in [0.25, 0.3) is 0 Å². The molecule has 0 aromatic heterocycles. The summed E-state index contributed by atoms with van der Waals surface area (Å²) in [6.07, 6.45) is 5.42. The number of ether oxygens (including phenoxy) is 2. The van der Waals surface area contributed by atoms with Crippen molar-refractivity contribution in [3.63, 3.8) is 0 Å². The van der Waals surface area contributed by atoms with Crippen LogP contribution in [-0.4, -0.2) is 18.8 Å². The van der Waals surface area contributed by atoms with Gasteiger partial charge in [0.1, 0.15) is 5.75 Å². The quantitative estimate of drug-likeness (QED) is 0.922. The minimum Gasteiger partial charge on any atom is -0.493 e. The lowest BCUT2D eigenvalue weighted by molar-refractivity contribution is -0.0803. The number of halogens is 1. The third-order valence-electron chi connectivity index (χ3n) is 4.92. The molecule has 1 saturated carbocycles. The molecule has 1 aromatic carbocycles. The predicted octanol–water partition coefficient (Wildman–Crippen LogP) is 3.70. The molecule has 1 aliphatic heterocycles. The summed E-state index contributed by atoms with van der Waals surface area (Å²) in [5.74, 6) is 1.75. The van der Waals surface area contributed by atoms with E-state index in [0.29, 0.717) is 13.2 Å². The van der Waals surface area contributed by atoms with E-state index in [-0.39, 0.29) is 5.60 Å². The number of hydrogen-bond acceptors (Lipinski definition) is 3. The van der Waals surface area contributed by atoms with Crippen molar-refractivity contribution in [1.29, 1.82) is 0 Å². The van der Waals surface area contributed by atoms with E-state index in [2.05, 4.69) is 6.92 Å². The van der Waals surface area contributed by atoms with Crippen LogP contribution < -0.4 is 10.5 Å². The molecule has 0 radical (unpaired) electrons. The lowest BCUT2D eigenvalue weighted by Gasteiger charge is -2.38. The molecular formula is C17H24ClNO2. The number of fused-ring (bicyclic) bond motifs is 1. The average Bonchev–Trinajstić information content (AvgIpc) is 2.95. The number of nitrogens with two attached hydrogens (primary N) is 1. The first-order chi connectivity index (χ1) is 10.1. The maximum Gasteiger partial charge on any atom is 0.128 e. The van der Waals surface area contributed by atoms with Crippen LogP contribution in [0.15, 0.2) is 12.1 Å². The molecule has 1 aromatic rings. The van der Waals surface area contributed by atoms with Gasteiger partial charge in [0.25, 0.3) is 0 Å². The van der Waals surface area contributed by atoms with Crippen molar-refractivity contribution >= 4 is 11.6 Å². The molecule has 3 rings (SSSR count). The van der Waals surface area contributed by atoms with Crippen molar-refractivity contribution in [1.82, 2.24) is 0 Å². The highest BCUT2D eigenvalue weighted by atomic mass is 35.5. The maximum absolute atomic E-state index is 6.27. The van der Waals surface area contributed by atoms with Crippen molar-refractivity contribution in [2.45, 2.75) is 51.2 Å². The van der Waals surface area contributed by atoms with Crippen molar-refractivity contribution in [2.24, 2.45) is 11.7 Å². The third kappa shape index (κ3) is 3.20. The average molecular weight is 310 g/mol.